The van der Waals surface area contributed by atoms with Gasteiger partial charge in [-0.2, -0.15) is 0 Å². The van der Waals surface area contributed by atoms with Crippen LogP contribution in [0.4, 0.5) is 0 Å². The van der Waals surface area contributed by atoms with Crippen LogP contribution < -0.4 is 0 Å². The Morgan fingerprint density at radius 2 is 1.35 bits per heavy atom. The molecule has 2 aromatic carbocycles. The van der Waals surface area contributed by atoms with Gasteiger partial charge in [0.05, 0.1) is 5.56 Å². The van der Waals surface area contributed by atoms with Crippen LogP contribution in [0.1, 0.15) is 20.7 Å². The van der Waals surface area contributed by atoms with Crippen molar-refractivity contribution < 1.29 is 19.4 Å². The van der Waals surface area contributed by atoms with Gasteiger partial charge in [-0.3, -0.25) is 4.79 Å². The predicted octanol–water partition coefficient (Wildman–Crippen LogP) is 3.15. The summed E-state index contributed by atoms with van der Waals surface area (Å²) in [5.74, 6) is -1.08. The van der Waals surface area contributed by atoms with Crippen molar-refractivity contribution in [2.75, 3.05) is 14.2 Å². The molecular weight excluding hydrogens is 256 g/mol. The molecule has 4 nitrogen and oxygen atoms in total. The summed E-state index contributed by atoms with van der Waals surface area (Å²) in [4.78, 5) is 20.7. The molecule has 20 heavy (non-hydrogen) atoms. The van der Waals surface area contributed by atoms with Crippen LogP contribution in [-0.2, 0) is 4.74 Å². The maximum atomic E-state index is 10.4. The maximum Gasteiger partial charge on any atom is 0.336 e. The van der Waals surface area contributed by atoms with E-state index in [1.807, 2.05) is 36.4 Å². The van der Waals surface area contributed by atoms with Gasteiger partial charge in [0.25, 0.3) is 0 Å². The van der Waals surface area contributed by atoms with Gasteiger partial charge in [0.2, 0.25) is 0 Å². The molecule has 0 radical (unpaired) electrons. The minimum atomic E-state index is -1.08. The van der Waals surface area contributed by atoms with Gasteiger partial charge in [-0.25, -0.2) is 4.79 Å². The summed E-state index contributed by atoms with van der Waals surface area (Å²) in [5, 5.41) is 8.54. The Labute approximate surface area is 118 Å². The highest BCUT2D eigenvalue weighted by atomic mass is 16.4. The van der Waals surface area contributed by atoms with E-state index < -0.39 is 5.97 Å². The molecule has 2 rings (SSSR count). The first-order valence-electron chi connectivity index (χ1n) is 5.85. The van der Waals surface area contributed by atoms with E-state index in [4.69, 9.17) is 5.11 Å². The number of carboxylic acid groups (broad SMARTS) is 1. The van der Waals surface area contributed by atoms with E-state index in [9.17, 15) is 9.59 Å². The lowest BCUT2D eigenvalue weighted by atomic mass is 10.1. The summed E-state index contributed by atoms with van der Waals surface area (Å²) < 4.78 is 4.25. The van der Waals surface area contributed by atoms with Gasteiger partial charge < -0.3 is 9.84 Å². The Kier molecular flexibility index (Phi) is 10.2. The highest BCUT2D eigenvalue weighted by molar-refractivity contribution is 5.96. The standard InChI is InChI=1S/C8H6O3.C6H6.C2H6O/c9-5-6-3-1-2-4-7(6)8(10)11;1-2-4-6-5-3-1;1-3-2/h1-5H,(H,10,11);1-6H;1-2H3. The highest BCUT2D eigenvalue weighted by Gasteiger charge is 2.06. The molecular formula is C16H18O4. The van der Waals surface area contributed by atoms with Crippen molar-refractivity contribution in [2.24, 2.45) is 0 Å². The fraction of sp³-hybridized carbons (Fsp3) is 0.125. The average molecular weight is 274 g/mol. The average Bonchev–Trinajstić information content (AvgIpc) is 2.50. The van der Waals surface area contributed by atoms with Crippen molar-refractivity contribution >= 4 is 12.3 Å². The second kappa shape index (κ2) is 11.6. The van der Waals surface area contributed by atoms with Crippen LogP contribution in [0.3, 0.4) is 0 Å². The lowest BCUT2D eigenvalue weighted by Crippen LogP contribution is -2.00. The third-order valence-electron chi connectivity index (χ3n) is 1.98. The number of ether oxygens (including phenoxy) is 1. The van der Waals surface area contributed by atoms with E-state index >= 15 is 0 Å². The summed E-state index contributed by atoms with van der Waals surface area (Å²) in [7, 11) is 3.25. The summed E-state index contributed by atoms with van der Waals surface area (Å²) in [5.41, 5.74) is 0.252. The normalized spacial score (nSPS) is 8.30. The summed E-state index contributed by atoms with van der Waals surface area (Å²) in [6.45, 7) is 0. The molecule has 0 aromatic heterocycles. The Hall–Kier alpha value is -2.46. The van der Waals surface area contributed by atoms with Gasteiger partial charge in [-0.1, -0.05) is 54.6 Å². The van der Waals surface area contributed by atoms with Gasteiger partial charge in [-0.05, 0) is 6.07 Å². The van der Waals surface area contributed by atoms with Crippen LogP contribution in [0.25, 0.3) is 0 Å². The predicted molar refractivity (Wildman–Crippen MR) is 78.2 cm³/mol. The topological polar surface area (TPSA) is 63.6 Å². The molecule has 0 fully saturated rings. The van der Waals surface area contributed by atoms with E-state index in [0.717, 1.165) is 0 Å². The first-order chi connectivity index (χ1) is 9.67. The van der Waals surface area contributed by atoms with Crippen LogP contribution >= 0.6 is 0 Å². The number of hydrogen-bond donors (Lipinski definition) is 1. The number of hydrogen-bond acceptors (Lipinski definition) is 3. The number of aromatic carboxylic acids is 1. The van der Waals surface area contributed by atoms with E-state index in [1.54, 1.807) is 26.4 Å². The zero-order valence-electron chi connectivity index (χ0n) is 11.5. The second-order valence-corrected chi connectivity index (χ2v) is 3.57. The smallest absolute Gasteiger partial charge is 0.336 e. The van der Waals surface area contributed by atoms with Crippen LogP contribution in [0.2, 0.25) is 0 Å². The number of rotatable bonds is 2. The van der Waals surface area contributed by atoms with Crippen molar-refractivity contribution in [1.29, 1.82) is 0 Å². The zero-order chi connectivity index (χ0) is 15.2. The van der Waals surface area contributed by atoms with Crippen LogP contribution in [0.15, 0.2) is 60.7 Å². The first-order valence-corrected chi connectivity index (χ1v) is 5.85. The quantitative estimate of drug-likeness (QED) is 0.854. The molecule has 2 aromatic rings. The molecule has 0 spiro atoms. The molecule has 0 saturated heterocycles. The third kappa shape index (κ3) is 7.79. The Bertz CT molecular complexity index is 468. The van der Waals surface area contributed by atoms with Gasteiger partial charge in [0.15, 0.2) is 6.29 Å². The van der Waals surface area contributed by atoms with Crippen molar-refractivity contribution in [3.05, 3.63) is 71.8 Å². The van der Waals surface area contributed by atoms with Crippen LogP contribution in [0.5, 0.6) is 0 Å². The fourth-order valence-corrected chi connectivity index (χ4v) is 1.18. The molecule has 0 saturated carbocycles. The van der Waals surface area contributed by atoms with Gasteiger partial charge in [0.1, 0.15) is 0 Å². The number of carbonyl (C=O) groups is 2. The zero-order valence-corrected chi connectivity index (χ0v) is 11.5. The van der Waals surface area contributed by atoms with Gasteiger partial charge in [-0.15, -0.1) is 0 Å². The van der Waals surface area contributed by atoms with Crippen LogP contribution in [-0.4, -0.2) is 31.6 Å². The van der Waals surface area contributed by atoms with Crippen molar-refractivity contribution in [2.45, 2.75) is 0 Å². The number of aldehydes is 1. The molecule has 1 N–H and O–H groups in total. The lowest BCUT2D eigenvalue weighted by Gasteiger charge is -1.95. The molecule has 0 heterocycles. The number of carbonyl (C=O) groups excluding carboxylic acids is 1. The molecule has 0 unspecified atom stereocenters. The van der Waals surface area contributed by atoms with E-state index in [2.05, 4.69) is 4.74 Å². The largest absolute Gasteiger partial charge is 0.478 e. The van der Waals surface area contributed by atoms with Crippen molar-refractivity contribution in [1.82, 2.24) is 0 Å². The molecule has 4 heteroatoms. The van der Waals surface area contributed by atoms with Crippen molar-refractivity contribution in [3.63, 3.8) is 0 Å². The number of methoxy groups -OCH3 is 1. The van der Waals surface area contributed by atoms with Gasteiger partial charge >= 0.3 is 5.97 Å². The lowest BCUT2D eigenvalue weighted by molar-refractivity contribution is 0.0694. The SMILES string of the molecule is COC.O=Cc1ccccc1C(=O)O.c1ccccc1. The molecule has 0 aliphatic rings. The summed E-state index contributed by atoms with van der Waals surface area (Å²) in [6.07, 6.45) is 0.531. The Morgan fingerprint density at radius 1 is 0.950 bits per heavy atom. The highest BCUT2D eigenvalue weighted by Crippen LogP contribution is 2.04. The fourth-order valence-electron chi connectivity index (χ4n) is 1.18. The summed E-state index contributed by atoms with van der Waals surface area (Å²) >= 11 is 0. The summed E-state index contributed by atoms with van der Waals surface area (Å²) in [6, 6.07) is 18.1. The molecule has 0 aliphatic carbocycles. The second-order valence-electron chi connectivity index (χ2n) is 3.57. The van der Waals surface area contributed by atoms with E-state index in [1.165, 1.54) is 12.1 Å². The molecule has 0 aliphatic heterocycles. The van der Waals surface area contributed by atoms with Crippen LogP contribution in [0, 0.1) is 0 Å². The van der Waals surface area contributed by atoms with E-state index in [-0.39, 0.29) is 11.1 Å². The minimum Gasteiger partial charge on any atom is -0.478 e. The molecule has 0 bridgehead atoms. The van der Waals surface area contributed by atoms with Gasteiger partial charge in [0, 0.05) is 19.8 Å². The third-order valence-corrected chi connectivity index (χ3v) is 1.98. The van der Waals surface area contributed by atoms with Crippen molar-refractivity contribution in [3.8, 4) is 0 Å². The number of benzene rings is 2. The maximum absolute atomic E-state index is 10.4. The minimum absolute atomic E-state index is 0.0440. The number of carboxylic acids is 1. The monoisotopic (exact) mass is 274 g/mol. The molecule has 0 atom stereocenters. The Morgan fingerprint density at radius 3 is 1.65 bits per heavy atom. The first kappa shape index (κ1) is 17.5. The van der Waals surface area contributed by atoms with E-state index in [0.29, 0.717) is 6.29 Å². The molecule has 106 valence electrons. The Balaban J connectivity index is 0.000000336. The molecule has 0 amide bonds.